The predicted octanol–water partition coefficient (Wildman–Crippen LogP) is 5.18. The number of hydrogen-bond acceptors (Lipinski definition) is 8. The summed E-state index contributed by atoms with van der Waals surface area (Å²) >= 11 is 1.25. The van der Waals surface area contributed by atoms with E-state index in [-0.39, 0.29) is 37.4 Å². The lowest BCUT2D eigenvalue weighted by Gasteiger charge is -2.27. The van der Waals surface area contributed by atoms with Gasteiger partial charge in [0.05, 0.1) is 10.9 Å². The smallest absolute Gasteiger partial charge is 0.259 e. The number of amidine groups is 2. The zero-order valence-corrected chi connectivity index (χ0v) is 25.4. The lowest BCUT2D eigenvalue weighted by atomic mass is 10.1. The zero-order valence-electron chi connectivity index (χ0n) is 24.5. The second kappa shape index (κ2) is 12.9. The van der Waals surface area contributed by atoms with Crippen molar-refractivity contribution in [3.8, 4) is 11.5 Å². The number of nitrogens with zero attached hydrogens (tertiary/aromatic N) is 3. The molecule has 0 bridgehead atoms. The summed E-state index contributed by atoms with van der Waals surface area (Å²) in [5, 5.41) is 5.82. The molecule has 44 heavy (non-hydrogen) atoms. The first-order valence-electron chi connectivity index (χ1n) is 14.7. The number of carbonyl (C=O) groups excluding carboxylic acids is 3. The molecule has 3 aromatic rings. The number of benzene rings is 3. The highest BCUT2D eigenvalue weighted by atomic mass is 32.2. The minimum absolute atomic E-state index is 0.129. The van der Waals surface area contributed by atoms with Gasteiger partial charge in [0.1, 0.15) is 11.9 Å². The first-order chi connectivity index (χ1) is 21.4. The van der Waals surface area contributed by atoms with E-state index in [1.807, 2.05) is 73.7 Å². The molecule has 0 unspecified atom stereocenters. The molecule has 0 radical (unpaired) electrons. The first kappa shape index (κ1) is 29.4. The second-order valence-electron chi connectivity index (χ2n) is 10.6. The van der Waals surface area contributed by atoms with E-state index in [0.717, 1.165) is 23.2 Å². The Hall–Kier alpha value is -4.64. The molecular weight excluding hydrogens is 578 g/mol. The third-order valence-electron chi connectivity index (χ3n) is 7.66. The molecule has 11 heteroatoms. The second-order valence-corrected chi connectivity index (χ2v) is 11.8. The molecule has 3 aliphatic rings. The zero-order chi connectivity index (χ0) is 30.6. The van der Waals surface area contributed by atoms with Gasteiger partial charge in [-0.15, -0.1) is 0 Å². The minimum atomic E-state index is -0.732. The number of amides is 3. The van der Waals surface area contributed by atoms with Gasteiger partial charge in [-0.1, -0.05) is 55.9 Å². The summed E-state index contributed by atoms with van der Waals surface area (Å²) in [6.45, 7) is 4.54. The molecule has 0 fully saturated rings. The highest BCUT2D eigenvalue weighted by molar-refractivity contribution is 8.15. The monoisotopic (exact) mass is 611 g/mol. The number of thioether (sulfide) groups is 1. The number of fused-ring (bicyclic) bond motifs is 4. The van der Waals surface area contributed by atoms with Gasteiger partial charge in [0.2, 0.25) is 18.6 Å². The Bertz CT molecular complexity index is 1650. The lowest BCUT2D eigenvalue weighted by Crippen LogP contribution is -2.42. The highest BCUT2D eigenvalue weighted by Crippen LogP contribution is 2.36. The average Bonchev–Trinajstić information content (AvgIpc) is 3.65. The van der Waals surface area contributed by atoms with Crippen molar-refractivity contribution in [1.82, 2.24) is 10.2 Å². The normalized spacial score (nSPS) is 16.9. The minimum Gasteiger partial charge on any atom is -0.454 e. The van der Waals surface area contributed by atoms with Gasteiger partial charge in [0, 0.05) is 24.2 Å². The molecule has 10 nitrogen and oxygen atoms in total. The van der Waals surface area contributed by atoms with Crippen LogP contribution in [0.15, 0.2) is 76.7 Å². The van der Waals surface area contributed by atoms with Crippen LogP contribution in [0.5, 0.6) is 11.5 Å². The van der Waals surface area contributed by atoms with Crippen molar-refractivity contribution in [2.24, 2.45) is 9.98 Å². The molecule has 2 atom stereocenters. The molecule has 0 aliphatic carbocycles. The van der Waals surface area contributed by atoms with Gasteiger partial charge in [-0.25, -0.2) is 9.89 Å². The van der Waals surface area contributed by atoms with E-state index in [1.54, 1.807) is 0 Å². The maximum atomic E-state index is 13.7. The van der Waals surface area contributed by atoms with Gasteiger partial charge in [-0.05, 0) is 66.8 Å². The van der Waals surface area contributed by atoms with Crippen molar-refractivity contribution in [3.63, 3.8) is 0 Å². The fourth-order valence-electron chi connectivity index (χ4n) is 5.17. The van der Waals surface area contributed by atoms with Crippen molar-refractivity contribution < 1.29 is 23.9 Å². The number of ether oxygens (including phenoxy) is 2. The van der Waals surface area contributed by atoms with Crippen molar-refractivity contribution in [2.75, 3.05) is 12.1 Å². The molecule has 3 aromatic carbocycles. The molecule has 3 heterocycles. The SMILES string of the molecule is CCc1ccc(NC(=O)[C@H](CC)SC2=Nc3ccccc3C3=N[C@H](CCC(=O)NCc4ccc5c(c4)OCO5)C(=O)N23)cc1. The number of aliphatic imine (C=N–C) groups is 2. The standard InChI is InChI=1S/C33H33N5O5S/c1-3-20-9-12-22(13-10-20)35-31(40)28(4-2)44-33-37-24-8-6-5-7-23(24)30-36-25(32(41)38(30)33)14-16-29(39)34-18-21-11-15-26-27(17-21)43-19-42-26/h5-13,15,17,25,28H,3-4,14,16,18-19H2,1-2H3,(H,34,39)(H,35,40)/t25-,28+/m1/s1. The number of hydrogen-bond donors (Lipinski definition) is 2. The van der Waals surface area contributed by atoms with Gasteiger partial charge in [-0.3, -0.25) is 19.4 Å². The summed E-state index contributed by atoms with van der Waals surface area (Å²) < 4.78 is 10.7. The number of nitrogens with one attached hydrogen (secondary N) is 2. The van der Waals surface area contributed by atoms with Crippen LogP contribution in [0, 0.1) is 0 Å². The molecule has 0 saturated carbocycles. The quantitative estimate of drug-likeness (QED) is 0.326. The van der Waals surface area contributed by atoms with Crippen molar-refractivity contribution in [3.05, 3.63) is 83.4 Å². The van der Waals surface area contributed by atoms with Gasteiger partial charge in [-0.2, -0.15) is 0 Å². The summed E-state index contributed by atoms with van der Waals surface area (Å²) in [6.07, 6.45) is 1.83. The Morgan fingerprint density at radius 2 is 1.80 bits per heavy atom. The van der Waals surface area contributed by atoms with E-state index in [1.165, 1.54) is 22.2 Å². The molecular formula is C33H33N5O5S. The number of aryl methyl sites for hydroxylation is 1. The van der Waals surface area contributed by atoms with Crippen LogP contribution in [-0.2, 0) is 27.3 Å². The first-order valence-corrected chi connectivity index (χ1v) is 15.6. The van der Waals surface area contributed by atoms with E-state index in [0.29, 0.717) is 41.2 Å². The van der Waals surface area contributed by atoms with Crippen LogP contribution in [0.25, 0.3) is 0 Å². The Morgan fingerprint density at radius 1 is 1.02 bits per heavy atom. The van der Waals surface area contributed by atoms with Crippen molar-refractivity contribution in [1.29, 1.82) is 0 Å². The van der Waals surface area contributed by atoms with Crippen LogP contribution in [0.1, 0.15) is 49.8 Å². The number of carbonyl (C=O) groups is 3. The van der Waals surface area contributed by atoms with Crippen LogP contribution in [0.4, 0.5) is 11.4 Å². The van der Waals surface area contributed by atoms with E-state index in [4.69, 9.17) is 19.5 Å². The molecule has 0 aromatic heterocycles. The Morgan fingerprint density at radius 3 is 2.59 bits per heavy atom. The van der Waals surface area contributed by atoms with Gasteiger partial charge < -0.3 is 20.1 Å². The maximum absolute atomic E-state index is 13.7. The molecule has 2 N–H and O–H groups in total. The van der Waals surface area contributed by atoms with E-state index < -0.39 is 11.3 Å². The van der Waals surface area contributed by atoms with Gasteiger partial charge in [0.25, 0.3) is 5.91 Å². The predicted molar refractivity (Wildman–Crippen MR) is 170 cm³/mol. The summed E-state index contributed by atoms with van der Waals surface area (Å²) in [6, 6.07) is 20.1. The largest absolute Gasteiger partial charge is 0.454 e. The van der Waals surface area contributed by atoms with Gasteiger partial charge in [0.15, 0.2) is 16.7 Å². The summed E-state index contributed by atoms with van der Waals surface area (Å²) in [5.74, 6) is 1.24. The van der Waals surface area contributed by atoms with E-state index >= 15 is 0 Å². The lowest BCUT2D eigenvalue weighted by molar-refractivity contribution is -0.125. The third kappa shape index (κ3) is 6.19. The summed E-state index contributed by atoms with van der Waals surface area (Å²) in [7, 11) is 0. The van der Waals surface area contributed by atoms with Crippen LogP contribution in [-0.4, -0.2) is 51.7 Å². The Labute approximate surface area is 259 Å². The average molecular weight is 612 g/mol. The molecule has 226 valence electrons. The van der Waals surface area contributed by atoms with Crippen LogP contribution >= 0.6 is 11.8 Å². The van der Waals surface area contributed by atoms with Crippen LogP contribution < -0.4 is 20.1 Å². The summed E-state index contributed by atoms with van der Waals surface area (Å²) in [4.78, 5) is 50.8. The number of para-hydroxylation sites is 1. The van der Waals surface area contributed by atoms with Crippen LogP contribution in [0.2, 0.25) is 0 Å². The topological polar surface area (TPSA) is 122 Å². The molecule has 0 spiro atoms. The molecule has 3 aliphatic heterocycles. The van der Waals surface area contributed by atoms with E-state index in [9.17, 15) is 14.4 Å². The Balaban J connectivity index is 1.12. The van der Waals surface area contributed by atoms with Crippen molar-refractivity contribution >= 4 is 51.9 Å². The number of rotatable bonds is 10. The fourth-order valence-corrected chi connectivity index (χ4v) is 6.19. The highest BCUT2D eigenvalue weighted by Gasteiger charge is 2.42. The fraction of sp³-hybridized carbons (Fsp3) is 0.303. The molecule has 0 saturated heterocycles. The molecule has 6 rings (SSSR count). The Kier molecular flexibility index (Phi) is 8.65. The number of anilines is 1. The third-order valence-corrected chi connectivity index (χ3v) is 8.98. The maximum Gasteiger partial charge on any atom is 0.259 e. The van der Waals surface area contributed by atoms with Gasteiger partial charge >= 0.3 is 0 Å². The summed E-state index contributed by atoms with van der Waals surface area (Å²) in [5.41, 5.74) is 4.23. The molecule has 3 amide bonds. The van der Waals surface area contributed by atoms with E-state index in [2.05, 4.69) is 17.6 Å². The van der Waals surface area contributed by atoms with Crippen molar-refractivity contribution in [2.45, 2.75) is 57.4 Å². The van der Waals surface area contributed by atoms with Crippen LogP contribution in [0.3, 0.4) is 0 Å².